The van der Waals surface area contributed by atoms with Gasteiger partial charge in [0.05, 0.1) is 0 Å². The Bertz CT molecular complexity index is 472. The summed E-state index contributed by atoms with van der Waals surface area (Å²) >= 11 is 0. The molecule has 1 heterocycles. The fourth-order valence-corrected chi connectivity index (χ4v) is 2.73. The molecule has 1 aromatic carbocycles. The van der Waals surface area contributed by atoms with Gasteiger partial charge < -0.3 is 10.1 Å². The van der Waals surface area contributed by atoms with Gasteiger partial charge in [0.15, 0.2) is 0 Å². The predicted molar refractivity (Wildman–Crippen MR) is 75.5 cm³/mol. The number of ether oxygens (including phenoxy) is 1. The molecule has 0 aromatic heterocycles. The van der Waals surface area contributed by atoms with Crippen molar-refractivity contribution in [2.24, 2.45) is 0 Å². The van der Waals surface area contributed by atoms with Crippen molar-refractivity contribution in [3.8, 4) is 5.75 Å². The average Bonchev–Trinajstić information content (AvgIpc) is 2.48. The Morgan fingerprint density at radius 1 is 1.09 bits per heavy atom. The van der Waals surface area contributed by atoms with Gasteiger partial charge in [-0.2, -0.15) is 22.0 Å². The summed E-state index contributed by atoms with van der Waals surface area (Å²) in [5, 5.41) is 3.16. The molecule has 1 saturated heterocycles. The minimum absolute atomic E-state index is 0.00127. The quantitative estimate of drug-likeness (QED) is 0.803. The first-order chi connectivity index (χ1) is 10.8. The molecule has 0 radical (unpaired) electrons. The van der Waals surface area contributed by atoms with Crippen molar-refractivity contribution >= 4 is 0 Å². The molecule has 1 aliphatic rings. The summed E-state index contributed by atoms with van der Waals surface area (Å²) in [6, 6.07) is 5.45. The lowest BCUT2D eigenvalue weighted by atomic mass is 9.99. The Morgan fingerprint density at radius 2 is 1.70 bits per heavy atom. The van der Waals surface area contributed by atoms with Gasteiger partial charge >= 0.3 is 12.8 Å². The topological polar surface area (TPSA) is 24.5 Å². The summed E-state index contributed by atoms with van der Waals surface area (Å²) < 4.78 is 66.3. The maximum absolute atomic E-state index is 12.6. The van der Waals surface area contributed by atoms with Gasteiger partial charge in [0, 0.05) is 38.6 Å². The molecule has 0 spiro atoms. The molecule has 0 amide bonds. The van der Waals surface area contributed by atoms with Crippen LogP contribution >= 0.6 is 0 Å². The molecule has 3 nitrogen and oxygen atoms in total. The Kier molecular flexibility index (Phi) is 6.17. The number of hydrogen-bond acceptors (Lipinski definition) is 3. The monoisotopic (exact) mass is 338 g/mol. The van der Waals surface area contributed by atoms with Crippen LogP contribution in [0.5, 0.6) is 5.75 Å². The van der Waals surface area contributed by atoms with Crippen molar-refractivity contribution in [2.75, 3.05) is 26.2 Å². The van der Waals surface area contributed by atoms with E-state index in [1.165, 1.54) is 12.1 Å². The molecule has 130 valence electrons. The Balaban J connectivity index is 2.11. The van der Waals surface area contributed by atoms with Crippen molar-refractivity contribution in [3.63, 3.8) is 0 Å². The van der Waals surface area contributed by atoms with E-state index in [4.69, 9.17) is 0 Å². The lowest BCUT2D eigenvalue weighted by Crippen LogP contribution is -2.45. The third-order valence-corrected chi connectivity index (χ3v) is 3.78. The average molecular weight is 338 g/mol. The number of piperazine rings is 1. The number of benzene rings is 1. The number of hydrogen-bond donors (Lipinski definition) is 1. The molecule has 23 heavy (non-hydrogen) atoms. The maximum Gasteiger partial charge on any atom is 0.389 e. The lowest BCUT2D eigenvalue weighted by molar-refractivity contribution is -0.138. The molecule has 1 N–H and O–H groups in total. The first-order valence-electron chi connectivity index (χ1n) is 7.41. The van der Waals surface area contributed by atoms with Crippen LogP contribution in [0.1, 0.15) is 24.4 Å². The van der Waals surface area contributed by atoms with E-state index in [1.54, 1.807) is 12.1 Å². The van der Waals surface area contributed by atoms with Crippen molar-refractivity contribution in [1.82, 2.24) is 10.2 Å². The summed E-state index contributed by atoms with van der Waals surface area (Å²) in [6.45, 7) is -0.185. The fraction of sp³-hybridized carbons (Fsp3) is 0.600. The minimum atomic E-state index is -4.22. The predicted octanol–water partition coefficient (Wildman–Crippen LogP) is 3.58. The van der Waals surface area contributed by atoms with Crippen LogP contribution in [0.2, 0.25) is 0 Å². The third-order valence-electron chi connectivity index (χ3n) is 3.78. The van der Waals surface area contributed by atoms with E-state index >= 15 is 0 Å². The van der Waals surface area contributed by atoms with Crippen LogP contribution in [0, 0.1) is 0 Å². The highest BCUT2D eigenvalue weighted by atomic mass is 19.4. The van der Waals surface area contributed by atoms with Gasteiger partial charge in [-0.25, -0.2) is 0 Å². The second kappa shape index (κ2) is 7.92. The van der Waals surface area contributed by atoms with E-state index in [1.807, 2.05) is 4.90 Å². The van der Waals surface area contributed by atoms with Gasteiger partial charge in [0.1, 0.15) is 5.75 Å². The lowest BCUT2D eigenvalue weighted by Gasteiger charge is -2.35. The maximum atomic E-state index is 12.6. The van der Waals surface area contributed by atoms with Gasteiger partial charge in [-0.15, -0.1) is 0 Å². The molecule has 8 heteroatoms. The molecule has 1 atom stereocenters. The van der Waals surface area contributed by atoms with Crippen LogP contribution in [-0.2, 0) is 0 Å². The SMILES string of the molecule is FC(F)Oc1ccc([C@H](CCC(F)(F)F)N2CCNCC2)cc1. The van der Waals surface area contributed by atoms with E-state index in [-0.39, 0.29) is 18.2 Å². The molecule has 0 bridgehead atoms. The van der Waals surface area contributed by atoms with E-state index in [0.717, 1.165) is 13.1 Å². The molecular formula is C15H19F5N2O. The molecule has 0 aliphatic carbocycles. The molecule has 2 rings (SSSR count). The van der Waals surface area contributed by atoms with Crippen LogP contribution < -0.4 is 10.1 Å². The molecule has 0 saturated carbocycles. The summed E-state index contributed by atoms with van der Waals surface area (Å²) in [5.41, 5.74) is 0.678. The van der Waals surface area contributed by atoms with Crippen LogP contribution in [0.15, 0.2) is 24.3 Å². The molecule has 1 aliphatic heterocycles. The standard InChI is InChI=1S/C15H19F5N2O/c16-14(17)23-12-3-1-11(2-4-12)13(5-6-15(18,19)20)22-9-7-21-8-10-22/h1-4,13-14,21H,5-10H2/t13-/m0/s1. The Morgan fingerprint density at radius 3 is 2.22 bits per heavy atom. The first-order valence-corrected chi connectivity index (χ1v) is 7.41. The van der Waals surface area contributed by atoms with Crippen molar-refractivity contribution in [3.05, 3.63) is 29.8 Å². The van der Waals surface area contributed by atoms with Crippen LogP contribution in [0.4, 0.5) is 22.0 Å². The molecule has 0 unspecified atom stereocenters. The third kappa shape index (κ3) is 5.95. The first kappa shape index (κ1) is 17.9. The summed E-state index contributed by atoms with van der Waals surface area (Å²) in [5.74, 6) is -0.00127. The van der Waals surface area contributed by atoms with Crippen molar-refractivity contribution in [1.29, 1.82) is 0 Å². The zero-order valence-electron chi connectivity index (χ0n) is 12.5. The Labute approximate surface area is 131 Å². The van der Waals surface area contributed by atoms with Gasteiger partial charge in [-0.05, 0) is 24.1 Å². The van der Waals surface area contributed by atoms with Crippen molar-refractivity contribution < 1.29 is 26.7 Å². The van der Waals surface area contributed by atoms with Gasteiger partial charge in [0.2, 0.25) is 0 Å². The normalized spacial score (nSPS) is 18.2. The van der Waals surface area contributed by atoms with Gasteiger partial charge in [-0.3, -0.25) is 4.90 Å². The minimum Gasteiger partial charge on any atom is -0.435 e. The zero-order valence-corrected chi connectivity index (χ0v) is 12.5. The number of nitrogens with one attached hydrogen (secondary N) is 1. The highest BCUT2D eigenvalue weighted by molar-refractivity contribution is 5.29. The molecule has 1 aromatic rings. The van der Waals surface area contributed by atoms with Crippen LogP contribution in [0.25, 0.3) is 0 Å². The van der Waals surface area contributed by atoms with Crippen LogP contribution in [-0.4, -0.2) is 43.9 Å². The highest BCUT2D eigenvalue weighted by Crippen LogP contribution is 2.32. The van der Waals surface area contributed by atoms with E-state index in [0.29, 0.717) is 18.7 Å². The summed E-state index contributed by atoms with van der Waals surface area (Å²) in [6.07, 6.45) is -5.15. The number of nitrogens with zero attached hydrogens (tertiary/aromatic N) is 1. The van der Waals surface area contributed by atoms with Crippen molar-refractivity contribution in [2.45, 2.75) is 31.7 Å². The number of halogens is 5. The largest absolute Gasteiger partial charge is 0.435 e. The smallest absolute Gasteiger partial charge is 0.389 e. The number of rotatable bonds is 6. The summed E-state index contributed by atoms with van der Waals surface area (Å²) in [7, 11) is 0. The van der Waals surface area contributed by atoms with E-state index in [2.05, 4.69) is 10.1 Å². The molecule has 1 fully saturated rings. The second-order valence-corrected chi connectivity index (χ2v) is 5.40. The highest BCUT2D eigenvalue weighted by Gasteiger charge is 2.31. The van der Waals surface area contributed by atoms with Gasteiger partial charge in [0.25, 0.3) is 0 Å². The molecular weight excluding hydrogens is 319 g/mol. The fourth-order valence-electron chi connectivity index (χ4n) is 2.73. The van der Waals surface area contributed by atoms with E-state index < -0.39 is 19.2 Å². The Hall–Kier alpha value is -1.41. The van der Waals surface area contributed by atoms with Gasteiger partial charge in [-0.1, -0.05) is 12.1 Å². The second-order valence-electron chi connectivity index (χ2n) is 5.40. The summed E-state index contributed by atoms with van der Waals surface area (Å²) in [4.78, 5) is 1.99. The zero-order chi connectivity index (χ0) is 16.9. The van der Waals surface area contributed by atoms with Crippen LogP contribution in [0.3, 0.4) is 0 Å². The van der Waals surface area contributed by atoms with E-state index in [9.17, 15) is 22.0 Å². The number of alkyl halides is 5.